The van der Waals surface area contributed by atoms with Crippen LogP contribution >= 0.6 is 23.2 Å². The van der Waals surface area contributed by atoms with Gasteiger partial charge in [0, 0.05) is 34.9 Å². The van der Waals surface area contributed by atoms with E-state index in [9.17, 15) is 23.6 Å². The normalized spacial score (nSPS) is 16.5. The minimum Gasteiger partial charge on any atom is -0.454 e. The Labute approximate surface area is 193 Å². The smallest absolute Gasteiger partial charge is 0.312 e. The van der Waals surface area contributed by atoms with E-state index in [4.69, 9.17) is 27.9 Å². The van der Waals surface area contributed by atoms with E-state index in [0.29, 0.717) is 10.6 Å². The summed E-state index contributed by atoms with van der Waals surface area (Å²) in [6, 6.07) is 10.9. The van der Waals surface area contributed by atoms with Crippen molar-refractivity contribution >= 4 is 46.8 Å². The molecule has 10 heteroatoms. The van der Waals surface area contributed by atoms with Crippen LogP contribution in [0.2, 0.25) is 5.02 Å². The summed E-state index contributed by atoms with van der Waals surface area (Å²) in [7, 11) is 0. The average Bonchev–Trinajstić information content (AvgIpc) is 3.14. The summed E-state index contributed by atoms with van der Waals surface area (Å²) in [5.74, 6) is -3.59. The molecule has 0 bridgehead atoms. The van der Waals surface area contributed by atoms with Crippen molar-refractivity contribution < 1.29 is 28.3 Å². The molecule has 0 aliphatic carbocycles. The Morgan fingerprint density at radius 2 is 1.72 bits per heavy atom. The van der Waals surface area contributed by atoms with Crippen molar-refractivity contribution in [3.8, 4) is 0 Å². The van der Waals surface area contributed by atoms with Gasteiger partial charge in [-0.1, -0.05) is 11.6 Å². The van der Waals surface area contributed by atoms with Crippen LogP contribution in [-0.2, 0) is 14.3 Å². The van der Waals surface area contributed by atoms with Crippen LogP contribution in [0.15, 0.2) is 48.5 Å². The zero-order chi connectivity index (χ0) is 23.3. The van der Waals surface area contributed by atoms with Crippen LogP contribution in [-0.4, -0.2) is 47.1 Å². The van der Waals surface area contributed by atoms with Gasteiger partial charge >= 0.3 is 5.97 Å². The molecule has 0 aromatic heterocycles. The van der Waals surface area contributed by atoms with Gasteiger partial charge in [0.2, 0.25) is 11.7 Å². The fourth-order valence-corrected chi connectivity index (χ4v) is 3.47. The van der Waals surface area contributed by atoms with Crippen LogP contribution in [0.5, 0.6) is 0 Å². The highest BCUT2D eigenvalue weighted by molar-refractivity contribution is 6.30. The number of carbonyl (C=O) groups excluding carboxylic acids is 4. The lowest BCUT2D eigenvalue weighted by Crippen LogP contribution is -2.43. The number of ether oxygens (including phenoxy) is 1. The van der Waals surface area contributed by atoms with Crippen molar-refractivity contribution in [2.45, 2.75) is 18.9 Å². The maximum absolute atomic E-state index is 13.1. The van der Waals surface area contributed by atoms with Gasteiger partial charge in [0.15, 0.2) is 6.10 Å². The highest BCUT2D eigenvalue weighted by atomic mass is 35.5. The molecule has 1 aliphatic rings. The molecule has 1 heterocycles. The highest BCUT2D eigenvalue weighted by Gasteiger charge is 2.38. The van der Waals surface area contributed by atoms with E-state index >= 15 is 0 Å². The third-order valence-electron chi connectivity index (χ3n) is 4.85. The molecule has 3 rings (SSSR count). The van der Waals surface area contributed by atoms with Crippen molar-refractivity contribution in [1.82, 2.24) is 10.4 Å². The van der Waals surface area contributed by atoms with Crippen LogP contribution in [0.4, 0.5) is 4.39 Å². The molecule has 0 radical (unpaired) electrons. The molecular formula is C22H19Cl2FN2O5. The number of Topliss-reactive ketones (excluding diaryl/α,β-unsaturated/α-hetero) is 1. The quantitative estimate of drug-likeness (QED) is 0.355. The first-order valence-electron chi connectivity index (χ1n) is 9.71. The van der Waals surface area contributed by atoms with E-state index in [0.717, 1.165) is 17.1 Å². The lowest BCUT2D eigenvalue weighted by molar-refractivity contribution is -0.151. The maximum Gasteiger partial charge on any atom is 0.312 e. The summed E-state index contributed by atoms with van der Waals surface area (Å²) >= 11 is 11.5. The van der Waals surface area contributed by atoms with Gasteiger partial charge in [0.05, 0.1) is 12.5 Å². The minimum absolute atomic E-state index is 0.0533. The van der Waals surface area contributed by atoms with E-state index in [1.54, 1.807) is 0 Å². The Hall–Kier alpha value is -2.97. The first kappa shape index (κ1) is 23.7. The number of amides is 2. The van der Waals surface area contributed by atoms with Crippen molar-refractivity contribution in [2.75, 3.05) is 12.4 Å². The predicted molar refractivity (Wildman–Crippen MR) is 115 cm³/mol. The first-order chi connectivity index (χ1) is 15.3. The Kier molecular flexibility index (Phi) is 7.82. The van der Waals surface area contributed by atoms with Gasteiger partial charge in [-0.05, 0) is 48.5 Å². The topological polar surface area (TPSA) is 92.8 Å². The minimum atomic E-state index is -1.17. The fourth-order valence-electron chi connectivity index (χ4n) is 3.14. The number of hydrogen-bond donors (Lipinski definition) is 1. The molecule has 1 saturated heterocycles. The number of ketones is 1. The van der Waals surface area contributed by atoms with Gasteiger partial charge < -0.3 is 4.74 Å². The molecule has 1 aliphatic heterocycles. The molecule has 0 saturated carbocycles. The van der Waals surface area contributed by atoms with Gasteiger partial charge in [0.25, 0.3) is 5.91 Å². The van der Waals surface area contributed by atoms with Crippen LogP contribution in [0.3, 0.4) is 0 Å². The standard InChI is InChI=1S/C22H19Cl2FN2O5/c23-10-9-18(20(29)13-3-7-17(25)8-4-13)32-22(31)15-11-19(28)27(12-15)26-21(30)14-1-5-16(24)6-2-14/h1-8,15,18H,9-12H2,(H,26,30)/t15-,18+/m1/s1. The summed E-state index contributed by atoms with van der Waals surface area (Å²) in [5.41, 5.74) is 2.92. The van der Waals surface area contributed by atoms with Crippen LogP contribution in [0, 0.1) is 11.7 Å². The van der Waals surface area contributed by atoms with Crippen molar-refractivity contribution in [1.29, 1.82) is 0 Å². The number of alkyl halides is 1. The lowest BCUT2D eigenvalue weighted by atomic mass is 10.0. The molecule has 2 aromatic carbocycles. The molecule has 168 valence electrons. The first-order valence-corrected chi connectivity index (χ1v) is 10.6. The van der Waals surface area contributed by atoms with Crippen LogP contribution in [0.25, 0.3) is 0 Å². The number of halogens is 3. The number of hydrazine groups is 1. The molecule has 0 unspecified atom stereocenters. The summed E-state index contributed by atoms with van der Waals surface area (Å²) < 4.78 is 18.5. The van der Waals surface area contributed by atoms with Crippen molar-refractivity contribution in [3.63, 3.8) is 0 Å². The SMILES string of the molecule is O=C(NN1C[C@H](C(=O)O[C@@H](CCCl)C(=O)c2ccc(F)cc2)CC1=O)c1ccc(Cl)cc1. The summed E-state index contributed by atoms with van der Waals surface area (Å²) in [6.45, 7) is -0.102. The third-order valence-corrected chi connectivity index (χ3v) is 5.32. The highest BCUT2D eigenvalue weighted by Crippen LogP contribution is 2.21. The van der Waals surface area contributed by atoms with E-state index in [-0.39, 0.29) is 30.8 Å². The van der Waals surface area contributed by atoms with E-state index < -0.39 is 41.4 Å². The van der Waals surface area contributed by atoms with E-state index in [1.165, 1.54) is 36.4 Å². The van der Waals surface area contributed by atoms with Gasteiger partial charge in [0.1, 0.15) is 5.82 Å². The Bertz CT molecular complexity index is 1010. The van der Waals surface area contributed by atoms with E-state index in [2.05, 4.69) is 5.43 Å². The second kappa shape index (κ2) is 10.6. The molecule has 2 amide bonds. The van der Waals surface area contributed by atoms with Gasteiger partial charge in [-0.3, -0.25) is 29.6 Å². The van der Waals surface area contributed by atoms with Crippen LogP contribution in [0.1, 0.15) is 33.6 Å². The Balaban J connectivity index is 1.61. The number of nitrogens with one attached hydrogen (secondary N) is 1. The Morgan fingerprint density at radius 1 is 1.09 bits per heavy atom. The van der Waals surface area contributed by atoms with Gasteiger partial charge in [-0.15, -0.1) is 11.6 Å². The largest absolute Gasteiger partial charge is 0.454 e. The summed E-state index contributed by atoms with van der Waals surface area (Å²) in [5, 5.41) is 1.50. The van der Waals surface area contributed by atoms with E-state index in [1.807, 2.05) is 0 Å². The molecule has 32 heavy (non-hydrogen) atoms. The monoisotopic (exact) mass is 480 g/mol. The fraction of sp³-hybridized carbons (Fsp3) is 0.273. The van der Waals surface area contributed by atoms with Crippen LogP contribution < -0.4 is 5.43 Å². The number of benzene rings is 2. The Morgan fingerprint density at radius 3 is 2.34 bits per heavy atom. The number of nitrogens with zero attached hydrogens (tertiary/aromatic N) is 1. The second-order valence-corrected chi connectivity index (χ2v) is 7.94. The molecule has 0 spiro atoms. The van der Waals surface area contributed by atoms with Gasteiger partial charge in [-0.25, -0.2) is 4.39 Å². The number of rotatable bonds is 8. The second-order valence-electron chi connectivity index (χ2n) is 7.13. The number of esters is 1. The predicted octanol–water partition coefficient (Wildman–Crippen LogP) is 3.40. The molecule has 2 atom stereocenters. The third kappa shape index (κ3) is 5.83. The number of hydrogen-bond acceptors (Lipinski definition) is 5. The average molecular weight is 481 g/mol. The van der Waals surface area contributed by atoms with Crippen molar-refractivity contribution in [3.05, 3.63) is 70.5 Å². The summed E-state index contributed by atoms with van der Waals surface area (Å²) in [4.78, 5) is 49.9. The summed E-state index contributed by atoms with van der Waals surface area (Å²) in [6.07, 6.45) is -1.29. The van der Waals surface area contributed by atoms with Gasteiger partial charge in [-0.2, -0.15) is 0 Å². The van der Waals surface area contributed by atoms with Crippen molar-refractivity contribution in [2.24, 2.45) is 5.92 Å². The zero-order valence-electron chi connectivity index (χ0n) is 16.7. The molecule has 1 N–H and O–H groups in total. The molecule has 2 aromatic rings. The molecule has 7 nitrogen and oxygen atoms in total. The molecular weight excluding hydrogens is 462 g/mol. The molecule has 1 fully saturated rings. The maximum atomic E-state index is 13.1. The zero-order valence-corrected chi connectivity index (χ0v) is 18.2. The number of carbonyl (C=O) groups is 4. The lowest BCUT2D eigenvalue weighted by Gasteiger charge is -2.19.